The van der Waals surface area contributed by atoms with E-state index < -0.39 is 0 Å². The fourth-order valence-electron chi connectivity index (χ4n) is 3.43. The molecular weight excluding hydrogens is 328 g/mol. The normalized spacial score (nSPS) is 13.8. The zero-order valence-corrected chi connectivity index (χ0v) is 14.4. The summed E-state index contributed by atoms with van der Waals surface area (Å²) in [6.45, 7) is 1.80. The molecule has 3 heterocycles. The minimum absolute atomic E-state index is 0.710. The quantitative estimate of drug-likeness (QED) is 0.543. The first-order valence-corrected chi connectivity index (χ1v) is 9.24. The van der Waals surface area contributed by atoms with Gasteiger partial charge in [-0.3, -0.25) is 0 Å². The van der Waals surface area contributed by atoms with Gasteiger partial charge in [0.15, 0.2) is 0 Å². The minimum atomic E-state index is 0.710. The monoisotopic (exact) mass is 344 g/mol. The molecule has 1 aliphatic heterocycles. The van der Waals surface area contributed by atoms with Crippen molar-refractivity contribution in [3.05, 3.63) is 70.5 Å². The molecular formula is C20H16N4S. The van der Waals surface area contributed by atoms with Crippen LogP contribution >= 0.6 is 11.3 Å². The maximum atomic E-state index is 4.83. The van der Waals surface area contributed by atoms with Gasteiger partial charge in [0.2, 0.25) is 5.95 Å². The Labute approximate surface area is 149 Å². The van der Waals surface area contributed by atoms with Crippen LogP contribution in [0.3, 0.4) is 0 Å². The number of fused-ring (bicyclic) bond motifs is 2. The maximum Gasteiger partial charge on any atom is 0.246 e. The van der Waals surface area contributed by atoms with Gasteiger partial charge in [-0.2, -0.15) is 5.10 Å². The highest BCUT2D eigenvalue weighted by Gasteiger charge is 2.20. The van der Waals surface area contributed by atoms with Crippen LogP contribution in [0.1, 0.15) is 10.4 Å². The van der Waals surface area contributed by atoms with Crippen molar-refractivity contribution in [2.45, 2.75) is 13.0 Å². The minimum Gasteiger partial charge on any atom is -0.335 e. The number of benzene rings is 2. The molecule has 5 rings (SSSR count). The molecule has 4 aromatic rings. The molecule has 2 aromatic heterocycles. The molecule has 0 aliphatic carbocycles. The fourth-order valence-corrected chi connectivity index (χ4v) is 4.32. The van der Waals surface area contributed by atoms with Crippen LogP contribution in [-0.4, -0.2) is 21.7 Å². The van der Waals surface area contributed by atoms with Crippen molar-refractivity contribution in [2.75, 3.05) is 11.4 Å². The van der Waals surface area contributed by atoms with Gasteiger partial charge in [-0.15, -0.1) is 16.4 Å². The van der Waals surface area contributed by atoms with Crippen molar-refractivity contribution in [3.8, 4) is 11.3 Å². The van der Waals surface area contributed by atoms with Gasteiger partial charge in [0.1, 0.15) is 0 Å². The van der Waals surface area contributed by atoms with E-state index >= 15 is 0 Å². The van der Waals surface area contributed by atoms with Crippen LogP contribution < -0.4 is 4.90 Å². The Morgan fingerprint density at radius 1 is 1.00 bits per heavy atom. The summed E-state index contributed by atoms with van der Waals surface area (Å²) in [6, 6.07) is 16.9. The van der Waals surface area contributed by atoms with E-state index in [1.165, 1.54) is 21.2 Å². The van der Waals surface area contributed by atoms with E-state index in [4.69, 9.17) is 4.98 Å². The lowest BCUT2D eigenvalue weighted by Gasteiger charge is -2.26. The molecule has 0 amide bonds. The highest BCUT2D eigenvalue weighted by atomic mass is 32.1. The van der Waals surface area contributed by atoms with Gasteiger partial charge in [-0.25, -0.2) is 4.98 Å². The van der Waals surface area contributed by atoms with Gasteiger partial charge in [-0.1, -0.05) is 42.5 Å². The molecule has 0 saturated heterocycles. The second kappa shape index (κ2) is 5.93. The molecule has 0 bridgehead atoms. The van der Waals surface area contributed by atoms with Crippen LogP contribution in [0, 0.1) is 0 Å². The lowest BCUT2D eigenvalue weighted by molar-refractivity contribution is 0.707. The Kier molecular flexibility index (Phi) is 3.45. The van der Waals surface area contributed by atoms with Gasteiger partial charge in [0, 0.05) is 23.5 Å². The van der Waals surface area contributed by atoms with Crippen LogP contribution in [0.5, 0.6) is 0 Å². The third-order valence-electron chi connectivity index (χ3n) is 4.70. The molecule has 5 heteroatoms. The molecule has 25 heavy (non-hydrogen) atoms. The van der Waals surface area contributed by atoms with Crippen molar-refractivity contribution in [3.63, 3.8) is 0 Å². The van der Waals surface area contributed by atoms with Gasteiger partial charge >= 0.3 is 0 Å². The van der Waals surface area contributed by atoms with Crippen molar-refractivity contribution in [1.29, 1.82) is 0 Å². The summed E-state index contributed by atoms with van der Waals surface area (Å²) in [5.74, 6) is 0.710. The van der Waals surface area contributed by atoms with Gasteiger partial charge in [-0.05, 0) is 34.2 Å². The van der Waals surface area contributed by atoms with E-state index in [1.54, 1.807) is 6.20 Å². The fraction of sp³-hybridized carbons (Fsp3) is 0.150. The summed E-state index contributed by atoms with van der Waals surface area (Å²) in [6.07, 6.45) is 2.81. The SMILES string of the molecule is c1ccc2c(-c3cnnc(N4CCc5sccc5C4)n3)cccc2c1. The number of anilines is 1. The average molecular weight is 344 g/mol. The van der Waals surface area contributed by atoms with Crippen molar-refractivity contribution < 1.29 is 0 Å². The predicted molar refractivity (Wildman–Crippen MR) is 102 cm³/mol. The van der Waals surface area contributed by atoms with E-state index in [2.05, 4.69) is 69.0 Å². The van der Waals surface area contributed by atoms with Crippen molar-refractivity contribution in [2.24, 2.45) is 0 Å². The predicted octanol–water partition coefficient (Wildman–Crippen LogP) is 4.32. The summed E-state index contributed by atoms with van der Waals surface area (Å²) < 4.78 is 0. The zero-order valence-electron chi connectivity index (χ0n) is 13.6. The summed E-state index contributed by atoms with van der Waals surface area (Å²) in [4.78, 5) is 8.53. The molecule has 122 valence electrons. The number of thiophene rings is 1. The van der Waals surface area contributed by atoms with Crippen molar-refractivity contribution in [1.82, 2.24) is 15.2 Å². The highest BCUT2D eigenvalue weighted by molar-refractivity contribution is 7.10. The Bertz CT molecular complexity index is 1050. The third-order valence-corrected chi connectivity index (χ3v) is 5.73. The van der Waals surface area contributed by atoms with E-state index in [0.29, 0.717) is 5.95 Å². The topological polar surface area (TPSA) is 41.9 Å². The van der Waals surface area contributed by atoms with Crippen LogP contribution in [0.4, 0.5) is 5.95 Å². The van der Waals surface area contributed by atoms with Crippen LogP contribution in [0.2, 0.25) is 0 Å². The highest BCUT2D eigenvalue weighted by Crippen LogP contribution is 2.29. The lowest BCUT2D eigenvalue weighted by Crippen LogP contribution is -2.31. The molecule has 0 unspecified atom stereocenters. The standard InChI is InChI=1S/C20H16N4S/c1-2-6-16-14(4-1)5-3-7-17(16)18-12-21-23-20(22-18)24-10-8-19-15(13-24)9-11-25-19/h1-7,9,11-12H,8,10,13H2. The van der Waals surface area contributed by atoms with E-state index in [1.807, 2.05) is 11.3 Å². The summed E-state index contributed by atoms with van der Waals surface area (Å²) >= 11 is 1.84. The number of rotatable bonds is 2. The Balaban J connectivity index is 1.55. The van der Waals surface area contributed by atoms with E-state index in [9.17, 15) is 0 Å². The summed E-state index contributed by atoms with van der Waals surface area (Å²) in [7, 11) is 0. The third kappa shape index (κ3) is 2.57. The second-order valence-corrected chi connectivity index (χ2v) is 7.21. The molecule has 4 nitrogen and oxygen atoms in total. The molecule has 0 saturated carbocycles. The Morgan fingerprint density at radius 2 is 1.92 bits per heavy atom. The van der Waals surface area contributed by atoms with Crippen molar-refractivity contribution >= 4 is 28.1 Å². The first-order valence-electron chi connectivity index (χ1n) is 8.36. The number of hydrogen-bond acceptors (Lipinski definition) is 5. The van der Waals surface area contributed by atoms with E-state index in [-0.39, 0.29) is 0 Å². The molecule has 0 atom stereocenters. The Hall–Kier alpha value is -2.79. The molecule has 2 aromatic carbocycles. The van der Waals surface area contributed by atoms with Crippen LogP contribution in [0.25, 0.3) is 22.0 Å². The largest absolute Gasteiger partial charge is 0.335 e. The number of nitrogens with zero attached hydrogens (tertiary/aromatic N) is 4. The summed E-state index contributed by atoms with van der Waals surface area (Å²) in [5.41, 5.74) is 3.36. The molecule has 0 fully saturated rings. The first kappa shape index (κ1) is 14.5. The smallest absolute Gasteiger partial charge is 0.246 e. The second-order valence-electron chi connectivity index (χ2n) is 6.21. The van der Waals surface area contributed by atoms with Crippen LogP contribution in [-0.2, 0) is 13.0 Å². The summed E-state index contributed by atoms with van der Waals surface area (Å²) in [5, 5.41) is 13.1. The maximum absolute atomic E-state index is 4.83. The van der Waals surface area contributed by atoms with Gasteiger partial charge in [0.05, 0.1) is 11.9 Å². The van der Waals surface area contributed by atoms with Crippen LogP contribution in [0.15, 0.2) is 60.1 Å². The van der Waals surface area contributed by atoms with E-state index in [0.717, 1.165) is 30.8 Å². The first-order chi connectivity index (χ1) is 12.4. The molecule has 0 N–H and O–H groups in total. The average Bonchev–Trinajstić information content (AvgIpc) is 3.15. The number of hydrogen-bond donors (Lipinski definition) is 0. The Morgan fingerprint density at radius 3 is 2.92 bits per heavy atom. The molecule has 1 aliphatic rings. The number of aromatic nitrogens is 3. The van der Waals surface area contributed by atoms with Gasteiger partial charge < -0.3 is 4.90 Å². The lowest BCUT2D eigenvalue weighted by atomic mass is 10.0. The zero-order chi connectivity index (χ0) is 16.6. The molecule has 0 radical (unpaired) electrons. The molecule has 0 spiro atoms. The van der Waals surface area contributed by atoms with Gasteiger partial charge in [0.25, 0.3) is 0 Å².